The molecule has 2 aromatic carbocycles. The third-order valence-electron chi connectivity index (χ3n) is 7.26. The first-order chi connectivity index (χ1) is 17.5. The third kappa shape index (κ3) is 4.89. The van der Waals surface area contributed by atoms with Crippen molar-refractivity contribution < 1.29 is 29.0 Å². The number of likely N-dealkylation sites (tertiary alicyclic amines) is 1. The number of nitrogens with zero attached hydrogens (tertiary/aromatic N) is 2. The number of hydrogen-bond donors (Lipinski definition) is 1. The normalized spacial score (nSPS) is 16.0. The van der Waals surface area contributed by atoms with Crippen LogP contribution in [0.5, 0.6) is 0 Å². The number of rotatable bonds is 7. The zero-order valence-electron chi connectivity index (χ0n) is 22.2. The van der Waals surface area contributed by atoms with Crippen LogP contribution < -0.4 is 0 Å². The van der Waals surface area contributed by atoms with Gasteiger partial charge in [-0.2, -0.15) is 0 Å². The summed E-state index contributed by atoms with van der Waals surface area (Å²) in [6, 6.07) is 15.8. The minimum Gasteiger partial charge on any atom is -0.479 e. The standard InChI is InChI=1S/C29H36N2O6/c1-6-19(7-2)31(29(25(32)33)17-30(18-29)26(34)37-28(3,4)5)27(35)36-16-24-22-14-10-8-12-20(22)21-13-9-11-15-23(21)24/h8-15,19,24H,6-7,16-18H2,1-5H3,(H,32,33). The molecule has 1 heterocycles. The Morgan fingerprint density at radius 3 is 1.97 bits per heavy atom. The van der Waals surface area contributed by atoms with Crippen molar-refractivity contribution in [2.24, 2.45) is 0 Å². The Kier molecular flexibility index (Phi) is 7.22. The second kappa shape index (κ2) is 10.1. The molecule has 0 saturated carbocycles. The van der Waals surface area contributed by atoms with Crippen LogP contribution in [0.1, 0.15) is 64.5 Å². The highest BCUT2D eigenvalue weighted by molar-refractivity contribution is 5.89. The van der Waals surface area contributed by atoms with Gasteiger partial charge in [0.1, 0.15) is 12.2 Å². The molecule has 0 unspecified atom stereocenters. The number of hydrogen-bond acceptors (Lipinski definition) is 5. The lowest BCUT2D eigenvalue weighted by Gasteiger charge is -2.53. The van der Waals surface area contributed by atoms with Crippen molar-refractivity contribution in [3.8, 4) is 11.1 Å². The Labute approximate surface area is 218 Å². The van der Waals surface area contributed by atoms with E-state index in [0.717, 1.165) is 22.3 Å². The minimum atomic E-state index is -1.57. The average Bonchev–Trinajstić information content (AvgIpc) is 3.14. The van der Waals surface area contributed by atoms with Crippen LogP contribution in [0, 0.1) is 0 Å². The Bertz CT molecular complexity index is 1130. The first kappa shape index (κ1) is 26.5. The van der Waals surface area contributed by atoms with E-state index in [-0.39, 0.29) is 31.7 Å². The Hall–Kier alpha value is -3.55. The van der Waals surface area contributed by atoms with Crippen LogP contribution in [-0.4, -0.2) is 69.9 Å². The maximum atomic E-state index is 13.6. The molecule has 1 aliphatic heterocycles. The number of amides is 2. The number of carboxylic acids is 1. The predicted octanol–water partition coefficient (Wildman–Crippen LogP) is 5.50. The van der Waals surface area contributed by atoms with E-state index >= 15 is 0 Å². The van der Waals surface area contributed by atoms with E-state index in [0.29, 0.717) is 12.8 Å². The first-order valence-corrected chi connectivity index (χ1v) is 12.9. The third-order valence-corrected chi connectivity index (χ3v) is 7.26. The van der Waals surface area contributed by atoms with Crippen LogP contribution in [0.15, 0.2) is 48.5 Å². The zero-order valence-corrected chi connectivity index (χ0v) is 22.2. The van der Waals surface area contributed by atoms with Gasteiger partial charge in [0.2, 0.25) is 0 Å². The summed E-state index contributed by atoms with van der Waals surface area (Å²) in [5, 5.41) is 10.3. The molecule has 198 valence electrons. The fourth-order valence-corrected chi connectivity index (χ4v) is 5.42. The molecule has 0 atom stereocenters. The van der Waals surface area contributed by atoms with Crippen molar-refractivity contribution >= 4 is 18.2 Å². The molecule has 0 bridgehead atoms. The molecular weight excluding hydrogens is 472 g/mol. The van der Waals surface area contributed by atoms with Crippen molar-refractivity contribution in [2.75, 3.05) is 19.7 Å². The lowest BCUT2D eigenvalue weighted by Crippen LogP contribution is -2.77. The number of fused-ring (bicyclic) bond motifs is 3. The van der Waals surface area contributed by atoms with Gasteiger partial charge < -0.3 is 19.5 Å². The molecule has 1 saturated heterocycles. The lowest BCUT2D eigenvalue weighted by molar-refractivity contribution is -0.165. The van der Waals surface area contributed by atoms with E-state index in [1.54, 1.807) is 20.8 Å². The van der Waals surface area contributed by atoms with E-state index in [1.807, 2.05) is 50.2 Å². The van der Waals surface area contributed by atoms with Crippen LogP contribution in [0.2, 0.25) is 0 Å². The molecule has 8 nitrogen and oxygen atoms in total. The lowest BCUT2D eigenvalue weighted by atomic mass is 9.86. The number of aliphatic carboxylic acids is 1. The van der Waals surface area contributed by atoms with Gasteiger partial charge in [0.15, 0.2) is 5.54 Å². The van der Waals surface area contributed by atoms with Crippen molar-refractivity contribution in [3.63, 3.8) is 0 Å². The van der Waals surface area contributed by atoms with Gasteiger partial charge in [0, 0.05) is 12.0 Å². The highest BCUT2D eigenvalue weighted by atomic mass is 16.6. The van der Waals surface area contributed by atoms with E-state index < -0.39 is 29.3 Å². The maximum Gasteiger partial charge on any atom is 0.411 e. The van der Waals surface area contributed by atoms with Gasteiger partial charge in [-0.05, 0) is 55.9 Å². The van der Waals surface area contributed by atoms with E-state index in [1.165, 1.54) is 9.80 Å². The summed E-state index contributed by atoms with van der Waals surface area (Å²) < 4.78 is 11.3. The number of benzene rings is 2. The number of carbonyl (C=O) groups is 3. The summed E-state index contributed by atoms with van der Waals surface area (Å²) in [7, 11) is 0. The van der Waals surface area contributed by atoms with Gasteiger partial charge in [0.25, 0.3) is 0 Å². The molecule has 8 heteroatoms. The van der Waals surface area contributed by atoms with Crippen molar-refractivity contribution in [2.45, 2.75) is 70.6 Å². The zero-order chi connectivity index (χ0) is 27.0. The van der Waals surface area contributed by atoms with E-state index in [9.17, 15) is 19.5 Å². The van der Waals surface area contributed by atoms with E-state index in [2.05, 4.69) is 12.1 Å². The Morgan fingerprint density at radius 1 is 1.00 bits per heavy atom. The molecular formula is C29H36N2O6. The predicted molar refractivity (Wildman–Crippen MR) is 139 cm³/mol. The van der Waals surface area contributed by atoms with Gasteiger partial charge in [0.05, 0.1) is 13.1 Å². The Morgan fingerprint density at radius 2 is 1.51 bits per heavy atom. The summed E-state index contributed by atoms with van der Waals surface area (Å²) in [4.78, 5) is 41.5. The van der Waals surface area contributed by atoms with Crippen molar-refractivity contribution in [1.82, 2.24) is 9.80 Å². The summed E-state index contributed by atoms with van der Waals surface area (Å²) >= 11 is 0. The summed E-state index contributed by atoms with van der Waals surface area (Å²) in [6.07, 6.45) is -0.159. The maximum absolute atomic E-state index is 13.6. The van der Waals surface area contributed by atoms with Gasteiger partial charge in [-0.1, -0.05) is 62.4 Å². The highest BCUT2D eigenvalue weighted by Crippen LogP contribution is 2.45. The van der Waals surface area contributed by atoms with Crippen LogP contribution in [-0.2, 0) is 14.3 Å². The number of carboxylic acid groups (broad SMARTS) is 1. The van der Waals surface area contributed by atoms with Gasteiger partial charge in [-0.3, -0.25) is 4.90 Å². The molecule has 2 aliphatic rings. The molecule has 0 spiro atoms. The Balaban J connectivity index is 1.57. The smallest absolute Gasteiger partial charge is 0.411 e. The second-order valence-electron chi connectivity index (χ2n) is 10.8. The monoisotopic (exact) mass is 508 g/mol. The molecule has 2 aromatic rings. The number of ether oxygens (including phenoxy) is 2. The molecule has 1 N–H and O–H groups in total. The second-order valence-corrected chi connectivity index (χ2v) is 10.8. The topological polar surface area (TPSA) is 96.4 Å². The van der Waals surface area contributed by atoms with Crippen molar-refractivity contribution in [3.05, 3.63) is 59.7 Å². The molecule has 1 aliphatic carbocycles. The molecule has 2 amide bonds. The summed E-state index contributed by atoms with van der Waals surface area (Å²) in [5.41, 5.74) is 2.11. The van der Waals surface area contributed by atoms with Gasteiger partial charge in [-0.25, -0.2) is 14.4 Å². The quantitative estimate of drug-likeness (QED) is 0.531. The first-order valence-electron chi connectivity index (χ1n) is 12.9. The molecule has 1 fully saturated rings. The summed E-state index contributed by atoms with van der Waals surface area (Å²) in [6.45, 7) is 8.87. The fraction of sp³-hybridized carbons (Fsp3) is 0.483. The molecule has 37 heavy (non-hydrogen) atoms. The average molecular weight is 509 g/mol. The van der Waals surface area contributed by atoms with Crippen molar-refractivity contribution in [1.29, 1.82) is 0 Å². The molecule has 0 radical (unpaired) electrons. The minimum absolute atomic E-state index is 0.0922. The molecule has 0 aromatic heterocycles. The SMILES string of the molecule is CCC(CC)N(C(=O)OCC1c2ccccc2-c2ccccc21)C1(C(=O)O)CN(C(=O)OC(C)(C)C)C1. The largest absolute Gasteiger partial charge is 0.479 e. The van der Waals surface area contributed by atoms with Crippen LogP contribution >= 0.6 is 0 Å². The summed E-state index contributed by atoms with van der Waals surface area (Å²) in [5.74, 6) is -1.30. The van der Waals surface area contributed by atoms with Crippen LogP contribution in [0.25, 0.3) is 11.1 Å². The van der Waals surface area contributed by atoms with Gasteiger partial charge in [-0.15, -0.1) is 0 Å². The number of carbonyl (C=O) groups excluding carboxylic acids is 2. The van der Waals surface area contributed by atoms with E-state index in [4.69, 9.17) is 9.47 Å². The highest BCUT2D eigenvalue weighted by Gasteiger charge is 2.60. The molecule has 4 rings (SSSR count). The van der Waals surface area contributed by atoms with Crippen LogP contribution in [0.4, 0.5) is 9.59 Å². The fourth-order valence-electron chi connectivity index (χ4n) is 5.42. The van der Waals surface area contributed by atoms with Gasteiger partial charge >= 0.3 is 18.2 Å². The van der Waals surface area contributed by atoms with Crippen LogP contribution in [0.3, 0.4) is 0 Å².